The van der Waals surface area contributed by atoms with Gasteiger partial charge in [-0.2, -0.15) is 0 Å². The predicted molar refractivity (Wildman–Crippen MR) is 257 cm³/mol. The third-order valence-corrected chi connectivity index (χ3v) is 13.5. The van der Waals surface area contributed by atoms with E-state index >= 15 is 0 Å². The number of rotatable bonds is 5. The summed E-state index contributed by atoms with van der Waals surface area (Å²) in [5.74, 6) is 0.663. The fraction of sp³-hybridized carbons (Fsp3) is 0. The first kappa shape index (κ1) is 34.0. The lowest BCUT2D eigenvalue weighted by Gasteiger charge is -2.11. The van der Waals surface area contributed by atoms with Crippen LogP contribution >= 0.6 is 11.3 Å². The van der Waals surface area contributed by atoms with E-state index in [0.29, 0.717) is 5.95 Å². The van der Waals surface area contributed by atoms with Crippen molar-refractivity contribution in [3.63, 3.8) is 0 Å². The van der Waals surface area contributed by atoms with Gasteiger partial charge in [-0.25, -0.2) is 9.97 Å². The van der Waals surface area contributed by atoms with Crippen molar-refractivity contribution in [1.82, 2.24) is 19.1 Å². The summed E-state index contributed by atoms with van der Waals surface area (Å²) in [6, 6.07) is 74.4. The lowest BCUT2D eigenvalue weighted by Crippen LogP contribution is -2.02. The molecule has 0 unspecified atom stereocenters. The summed E-state index contributed by atoms with van der Waals surface area (Å²) in [6.07, 6.45) is 0. The van der Waals surface area contributed by atoms with E-state index in [4.69, 9.17) is 9.97 Å². The standard InChI is InChI=1S/C56H34N4S/c1-3-13-35(14-4-1)36-23-25-37(26-24-36)53-55-54(44-20-10-12-22-52(44)61-55)58-56(57-53)60-50-30-28-41(33-46(50)47-31-38-15-7-8-16-39(38)34-51(47)60)40-27-29-49-45(32-40)43-19-9-11-21-48(43)59(49)42-17-5-2-6-18-42/h1-34H. The summed E-state index contributed by atoms with van der Waals surface area (Å²) in [6.45, 7) is 0. The number of hydrogen-bond donors (Lipinski definition) is 0. The average molecular weight is 795 g/mol. The van der Waals surface area contributed by atoms with Gasteiger partial charge in [0.2, 0.25) is 5.95 Å². The highest BCUT2D eigenvalue weighted by atomic mass is 32.1. The minimum absolute atomic E-state index is 0.663. The first-order valence-corrected chi connectivity index (χ1v) is 21.5. The van der Waals surface area contributed by atoms with Crippen LogP contribution in [0.4, 0.5) is 0 Å². The molecule has 4 aromatic heterocycles. The van der Waals surface area contributed by atoms with Crippen LogP contribution in [-0.2, 0) is 0 Å². The Bertz CT molecular complexity index is 3860. The zero-order valence-corrected chi connectivity index (χ0v) is 33.6. The molecule has 9 aromatic carbocycles. The van der Waals surface area contributed by atoms with Gasteiger partial charge in [0.05, 0.1) is 38.0 Å². The molecule has 0 atom stereocenters. The summed E-state index contributed by atoms with van der Waals surface area (Å²) in [5, 5.41) is 8.34. The molecule has 0 amide bonds. The van der Waals surface area contributed by atoms with E-state index in [9.17, 15) is 0 Å². The highest BCUT2D eigenvalue weighted by molar-refractivity contribution is 7.26. The third kappa shape index (κ3) is 5.31. The molecule has 284 valence electrons. The molecule has 0 radical (unpaired) electrons. The van der Waals surface area contributed by atoms with Crippen LogP contribution in [0.1, 0.15) is 0 Å². The van der Waals surface area contributed by atoms with Crippen molar-refractivity contribution in [2.75, 3.05) is 0 Å². The highest BCUT2D eigenvalue weighted by Gasteiger charge is 2.21. The molecule has 0 aliphatic rings. The summed E-state index contributed by atoms with van der Waals surface area (Å²) in [5.41, 5.74) is 13.4. The maximum atomic E-state index is 5.52. The molecule has 0 fully saturated rings. The second-order valence-corrected chi connectivity index (χ2v) is 16.8. The van der Waals surface area contributed by atoms with Crippen molar-refractivity contribution in [2.45, 2.75) is 0 Å². The van der Waals surface area contributed by atoms with Crippen molar-refractivity contribution in [3.05, 3.63) is 206 Å². The Labute approximate surface area is 354 Å². The Hall–Kier alpha value is -7.86. The molecule has 4 nitrogen and oxygen atoms in total. The van der Waals surface area contributed by atoms with Crippen molar-refractivity contribution >= 4 is 86.0 Å². The quantitative estimate of drug-likeness (QED) is 0.174. The number of nitrogens with zero attached hydrogens (tertiary/aromatic N) is 4. The Morgan fingerprint density at radius 2 is 0.885 bits per heavy atom. The topological polar surface area (TPSA) is 35.6 Å². The van der Waals surface area contributed by atoms with Crippen LogP contribution in [0.25, 0.3) is 120 Å². The first-order chi connectivity index (χ1) is 30.2. The number of benzene rings is 9. The monoisotopic (exact) mass is 794 g/mol. The Morgan fingerprint density at radius 1 is 0.344 bits per heavy atom. The minimum Gasteiger partial charge on any atom is -0.309 e. The average Bonchev–Trinajstić information content (AvgIpc) is 3.98. The van der Waals surface area contributed by atoms with Crippen LogP contribution in [0, 0.1) is 0 Å². The van der Waals surface area contributed by atoms with Crippen LogP contribution < -0.4 is 0 Å². The van der Waals surface area contributed by atoms with E-state index in [1.165, 1.54) is 59.4 Å². The lowest BCUT2D eigenvalue weighted by molar-refractivity contribution is 1.02. The van der Waals surface area contributed by atoms with Gasteiger partial charge in [-0.3, -0.25) is 4.57 Å². The van der Waals surface area contributed by atoms with E-state index in [1.807, 2.05) is 0 Å². The normalized spacial score (nSPS) is 11.9. The fourth-order valence-corrected chi connectivity index (χ4v) is 10.6. The Kier molecular flexibility index (Phi) is 7.44. The van der Waals surface area contributed by atoms with Gasteiger partial charge in [0, 0.05) is 42.9 Å². The van der Waals surface area contributed by atoms with Crippen LogP contribution in [0.5, 0.6) is 0 Å². The first-order valence-electron chi connectivity index (χ1n) is 20.6. The number of aromatic nitrogens is 4. The molecule has 61 heavy (non-hydrogen) atoms. The van der Waals surface area contributed by atoms with E-state index in [2.05, 4.69) is 215 Å². The van der Waals surface area contributed by atoms with Gasteiger partial charge in [-0.15, -0.1) is 11.3 Å². The SMILES string of the molecule is c1ccc(-c2ccc(-c3nc(-n4c5ccc(-c6ccc7c(c6)c6ccccc6n7-c6ccccc6)cc5c5cc6ccccc6cc54)nc4c3sc3ccccc34)cc2)cc1. The fourth-order valence-electron chi connectivity index (χ4n) is 9.43. The molecule has 0 saturated carbocycles. The molecule has 13 aromatic rings. The molecule has 0 spiro atoms. The molecule has 0 bridgehead atoms. The number of para-hydroxylation sites is 2. The zero-order valence-electron chi connectivity index (χ0n) is 32.8. The largest absolute Gasteiger partial charge is 0.309 e. The highest BCUT2D eigenvalue weighted by Crippen LogP contribution is 2.42. The maximum Gasteiger partial charge on any atom is 0.235 e. The van der Waals surface area contributed by atoms with E-state index in [-0.39, 0.29) is 0 Å². The van der Waals surface area contributed by atoms with Gasteiger partial charge in [-0.1, -0.05) is 146 Å². The van der Waals surface area contributed by atoms with Gasteiger partial charge in [0.1, 0.15) is 0 Å². The van der Waals surface area contributed by atoms with E-state index in [0.717, 1.165) is 54.5 Å². The minimum atomic E-state index is 0.663. The van der Waals surface area contributed by atoms with Gasteiger partial charge in [0.15, 0.2) is 0 Å². The molecule has 0 aliphatic carbocycles. The van der Waals surface area contributed by atoms with Crippen LogP contribution in [0.3, 0.4) is 0 Å². The van der Waals surface area contributed by atoms with Gasteiger partial charge >= 0.3 is 0 Å². The van der Waals surface area contributed by atoms with Crippen LogP contribution in [0.2, 0.25) is 0 Å². The Morgan fingerprint density at radius 3 is 1.66 bits per heavy atom. The summed E-state index contributed by atoms with van der Waals surface area (Å²) >= 11 is 1.76. The second kappa shape index (κ2) is 13.3. The van der Waals surface area contributed by atoms with Crippen LogP contribution in [0.15, 0.2) is 206 Å². The van der Waals surface area contributed by atoms with Gasteiger partial charge in [-0.05, 0) is 93.7 Å². The molecule has 0 aliphatic heterocycles. The summed E-state index contributed by atoms with van der Waals surface area (Å²) in [7, 11) is 0. The van der Waals surface area contributed by atoms with Crippen LogP contribution in [-0.4, -0.2) is 19.1 Å². The lowest BCUT2D eigenvalue weighted by atomic mass is 10.00. The molecule has 13 rings (SSSR count). The van der Waals surface area contributed by atoms with E-state index in [1.54, 1.807) is 11.3 Å². The third-order valence-electron chi connectivity index (χ3n) is 12.3. The number of thiophene rings is 1. The molecular formula is C56H34N4S. The number of fused-ring (bicyclic) bond motifs is 10. The van der Waals surface area contributed by atoms with Crippen molar-refractivity contribution in [1.29, 1.82) is 0 Å². The second-order valence-electron chi connectivity index (χ2n) is 15.8. The maximum absolute atomic E-state index is 5.52. The molecule has 5 heteroatoms. The summed E-state index contributed by atoms with van der Waals surface area (Å²) < 4.78 is 6.95. The van der Waals surface area contributed by atoms with Crippen molar-refractivity contribution in [2.24, 2.45) is 0 Å². The van der Waals surface area contributed by atoms with Gasteiger partial charge < -0.3 is 4.57 Å². The Balaban J connectivity index is 1.04. The predicted octanol–water partition coefficient (Wildman–Crippen LogP) is 15.2. The zero-order chi connectivity index (χ0) is 40.0. The smallest absolute Gasteiger partial charge is 0.235 e. The molecule has 0 saturated heterocycles. The van der Waals surface area contributed by atoms with Crippen molar-refractivity contribution in [3.8, 4) is 45.1 Å². The van der Waals surface area contributed by atoms with Gasteiger partial charge in [0.25, 0.3) is 0 Å². The van der Waals surface area contributed by atoms with E-state index < -0.39 is 0 Å². The molecule has 4 heterocycles. The van der Waals surface area contributed by atoms with Crippen molar-refractivity contribution < 1.29 is 0 Å². The summed E-state index contributed by atoms with van der Waals surface area (Å²) in [4.78, 5) is 11.0. The number of hydrogen-bond acceptors (Lipinski definition) is 3. The molecule has 0 N–H and O–H groups in total. The molecular weight excluding hydrogens is 761 g/mol.